The Kier molecular flexibility index (Phi) is 6.46. The van der Waals surface area contributed by atoms with Gasteiger partial charge in [0.2, 0.25) is 5.71 Å². The molecule has 0 amide bonds. The summed E-state index contributed by atoms with van der Waals surface area (Å²) in [5.41, 5.74) is 9.04. The third-order valence-electron chi connectivity index (χ3n) is 8.83. The molecule has 5 heteroatoms. The summed E-state index contributed by atoms with van der Waals surface area (Å²) >= 11 is 0. The summed E-state index contributed by atoms with van der Waals surface area (Å²) in [5, 5.41) is 7.87. The van der Waals surface area contributed by atoms with Gasteiger partial charge >= 0.3 is 0 Å². The first-order valence-corrected chi connectivity index (χ1v) is 15.7. The maximum Gasteiger partial charge on any atom is 0.228 e. The highest BCUT2D eigenvalue weighted by Gasteiger charge is 2.24. The molecule has 0 aliphatic carbocycles. The van der Waals surface area contributed by atoms with Crippen LogP contribution in [0, 0.1) is 0 Å². The first-order chi connectivity index (χ1) is 23.3. The van der Waals surface area contributed by atoms with E-state index in [9.17, 15) is 0 Å². The first-order valence-electron chi connectivity index (χ1n) is 15.7. The molecule has 1 unspecified atom stereocenters. The van der Waals surface area contributed by atoms with Gasteiger partial charge in [0.15, 0.2) is 6.17 Å². The molecule has 6 aromatic carbocycles. The van der Waals surface area contributed by atoms with Crippen molar-refractivity contribution in [1.82, 2.24) is 10.3 Å². The molecule has 0 saturated heterocycles. The van der Waals surface area contributed by atoms with E-state index < -0.39 is 6.17 Å². The van der Waals surface area contributed by atoms with Gasteiger partial charge in [0.1, 0.15) is 17.3 Å². The van der Waals surface area contributed by atoms with Gasteiger partial charge < -0.3 is 9.73 Å². The summed E-state index contributed by atoms with van der Waals surface area (Å²) in [5.74, 6) is 1.49. The van der Waals surface area contributed by atoms with E-state index >= 15 is 0 Å². The largest absolute Gasteiger partial charge is 0.438 e. The van der Waals surface area contributed by atoms with Crippen molar-refractivity contribution in [3.8, 4) is 22.3 Å². The number of pyridine rings is 1. The Balaban J connectivity index is 1.11. The molecule has 1 aliphatic rings. The zero-order valence-corrected chi connectivity index (χ0v) is 25.3. The first kappa shape index (κ1) is 27.0. The minimum absolute atomic E-state index is 0.433. The van der Waals surface area contributed by atoms with Crippen molar-refractivity contribution < 1.29 is 4.42 Å². The predicted molar refractivity (Wildman–Crippen MR) is 192 cm³/mol. The van der Waals surface area contributed by atoms with Crippen LogP contribution in [0.25, 0.3) is 55.1 Å². The van der Waals surface area contributed by atoms with Gasteiger partial charge in [0.05, 0.1) is 5.39 Å². The third-order valence-corrected chi connectivity index (χ3v) is 8.83. The van der Waals surface area contributed by atoms with E-state index in [4.69, 9.17) is 14.4 Å². The van der Waals surface area contributed by atoms with E-state index in [0.717, 1.165) is 61.2 Å². The van der Waals surface area contributed by atoms with Crippen LogP contribution in [0.4, 0.5) is 0 Å². The molecule has 9 rings (SSSR count). The molecule has 222 valence electrons. The number of hydrogen-bond donors (Lipinski definition) is 1. The normalized spacial score (nSPS) is 14.6. The fourth-order valence-electron chi connectivity index (χ4n) is 6.40. The van der Waals surface area contributed by atoms with Crippen molar-refractivity contribution in [3.63, 3.8) is 0 Å². The molecule has 0 saturated carbocycles. The van der Waals surface area contributed by atoms with E-state index in [1.165, 1.54) is 16.5 Å². The van der Waals surface area contributed by atoms with Crippen molar-refractivity contribution >= 4 is 44.5 Å². The Morgan fingerprint density at radius 3 is 1.89 bits per heavy atom. The van der Waals surface area contributed by atoms with Gasteiger partial charge in [-0.15, -0.1) is 0 Å². The number of aliphatic imine (C=N–C) groups is 2. The number of fused-ring (bicyclic) bond motifs is 4. The molecule has 0 bridgehead atoms. The van der Waals surface area contributed by atoms with Gasteiger partial charge in [-0.3, -0.25) is 0 Å². The monoisotopic (exact) mass is 604 g/mol. The van der Waals surface area contributed by atoms with Crippen molar-refractivity contribution in [2.45, 2.75) is 6.17 Å². The third kappa shape index (κ3) is 4.95. The highest BCUT2D eigenvalue weighted by atomic mass is 16.3. The zero-order valence-electron chi connectivity index (χ0n) is 25.3. The average molecular weight is 605 g/mol. The summed E-state index contributed by atoms with van der Waals surface area (Å²) in [7, 11) is 0. The Labute approximate surface area is 271 Å². The molecule has 1 aliphatic heterocycles. The Hall–Kier alpha value is -6.33. The second-order valence-electron chi connectivity index (χ2n) is 11.7. The van der Waals surface area contributed by atoms with Crippen molar-refractivity contribution in [1.29, 1.82) is 0 Å². The lowest BCUT2D eigenvalue weighted by atomic mass is 9.99. The van der Waals surface area contributed by atoms with Crippen LogP contribution in [0.1, 0.15) is 22.9 Å². The number of amidine groups is 2. The highest BCUT2D eigenvalue weighted by molar-refractivity contribution is 6.23. The fourth-order valence-corrected chi connectivity index (χ4v) is 6.40. The number of nitrogens with one attached hydrogen (secondary N) is 1. The lowest BCUT2D eigenvalue weighted by molar-refractivity contribution is 0.654. The van der Waals surface area contributed by atoms with Gasteiger partial charge in [-0.25, -0.2) is 15.0 Å². The van der Waals surface area contributed by atoms with E-state index in [1.807, 2.05) is 30.3 Å². The van der Waals surface area contributed by atoms with Crippen LogP contribution in [0.15, 0.2) is 172 Å². The summed E-state index contributed by atoms with van der Waals surface area (Å²) in [4.78, 5) is 14.9. The Morgan fingerprint density at radius 2 is 1.13 bits per heavy atom. The minimum atomic E-state index is -0.433. The quantitative estimate of drug-likeness (QED) is 0.213. The van der Waals surface area contributed by atoms with Crippen molar-refractivity contribution in [2.75, 3.05) is 0 Å². The summed E-state index contributed by atoms with van der Waals surface area (Å²) in [6, 6.07) is 52.6. The van der Waals surface area contributed by atoms with Gasteiger partial charge in [-0.05, 0) is 56.8 Å². The number of benzene rings is 6. The van der Waals surface area contributed by atoms with E-state index in [0.29, 0.717) is 5.71 Å². The van der Waals surface area contributed by atoms with Crippen LogP contribution in [-0.2, 0) is 0 Å². The molecule has 2 aromatic heterocycles. The minimum Gasteiger partial charge on any atom is -0.438 e. The maximum absolute atomic E-state index is 6.12. The van der Waals surface area contributed by atoms with Crippen LogP contribution in [0.3, 0.4) is 0 Å². The van der Waals surface area contributed by atoms with E-state index in [2.05, 4.69) is 132 Å². The average Bonchev–Trinajstić information content (AvgIpc) is 3.54. The van der Waals surface area contributed by atoms with Gasteiger partial charge in [0, 0.05) is 22.7 Å². The lowest BCUT2D eigenvalue weighted by Crippen LogP contribution is -2.36. The molecule has 8 aromatic rings. The lowest BCUT2D eigenvalue weighted by Gasteiger charge is -2.23. The maximum atomic E-state index is 6.12. The topological polar surface area (TPSA) is 62.8 Å². The molecule has 1 N–H and O–H groups in total. The summed E-state index contributed by atoms with van der Waals surface area (Å²) < 4.78 is 6.12. The SMILES string of the molecule is c1ccc(-c2ccc(-c3ccc(C4=NC(c5ccc6ccccc6c5)N=C(c5ccnc6oc7ccccc7c56)N4)cc3)cc2)cc1. The number of aromatic nitrogens is 1. The zero-order chi connectivity index (χ0) is 31.2. The molecule has 0 spiro atoms. The molecule has 0 radical (unpaired) electrons. The Bertz CT molecular complexity index is 2480. The summed E-state index contributed by atoms with van der Waals surface area (Å²) in [6.07, 6.45) is 1.34. The van der Waals surface area contributed by atoms with Crippen LogP contribution in [0.5, 0.6) is 0 Å². The highest BCUT2D eigenvalue weighted by Crippen LogP contribution is 2.33. The van der Waals surface area contributed by atoms with Crippen LogP contribution in [-0.4, -0.2) is 16.7 Å². The molecule has 47 heavy (non-hydrogen) atoms. The van der Waals surface area contributed by atoms with Crippen LogP contribution in [0.2, 0.25) is 0 Å². The number of nitrogens with zero attached hydrogens (tertiary/aromatic N) is 3. The number of furan rings is 1. The van der Waals surface area contributed by atoms with E-state index in [1.54, 1.807) is 6.20 Å². The standard InChI is InChI=1S/C42H28N4O/c1-2-8-27(9-3-1)29-14-16-30(17-15-29)31-18-21-32(22-19-31)39-44-40(34-23-20-28-10-4-5-11-33(28)26-34)46-41(45-39)36-24-25-43-42-38(36)35-12-6-7-13-37(35)47-42/h1-26,40H,(H,44,45,46). The molecule has 3 heterocycles. The molecule has 5 nitrogen and oxygen atoms in total. The van der Waals surface area contributed by atoms with E-state index in [-0.39, 0.29) is 0 Å². The summed E-state index contributed by atoms with van der Waals surface area (Å²) in [6.45, 7) is 0. The number of rotatable bonds is 5. The predicted octanol–water partition coefficient (Wildman–Crippen LogP) is 9.96. The van der Waals surface area contributed by atoms with Crippen molar-refractivity contribution in [3.05, 3.63) is 175 Å². The van der Waals surface area contributed by atoms with Crippen LogP contribution >= 0.6 is 0 Å². The smallest absolute Gasteiger partial charge is 0.228 e. The van der Waals surface area contributed by atoms with Gasteiger partial charge in [-0.1, -0.05) is 133 Å². The second kappa shape index (κ2) is 11.2. The van der Waals surface area contributed by atoms with Crippen molar-refractivity contribution in [2.24, 2.45) is 9.98 Å². The van der Waals surface area contributed by atoms with Gasteiger partial charge in [0.25, 0.3) is 0 Å². The number of hydrogen-bond acceptors (Lipinski definition) is 5. The van der Waals surface area contributed by atoms with Crippen LogP contribution < -0.4 is 5.32 Å². The van der Waals surface area contributed by atoms with Gasteiger partial charge in [-0.2, -0.15) is 0 Å². The molecule has 0 fully saturated rings. The Morgan fingerprint density at radius 1 is 0.511 bits per heavy atom. The molecular formula is C42H28N4O. The second-order valence-corrected chi connectivity index (χ2v) is 11.7. The number of para-hydroxylation sites is 1. The molecule has 1 atom stereocenters. The fraction of sp³-hybridized carbons (Fsp3) is 0.0238. The molecular weight excluding hydrogens is 576 g/mol.